The van der Waals surface area contributed by atoms with Crippen molar-refractivity contribution < 1.29 is 18.9 Å². The van der Waals surface area contributed by atoms with E-state index in [0.717, 1.165) is 16.8 Å². The minimum absolute atomic E-state index is 0. The first-order valence-corrected chi connectivity index (χ1v) is 15.9. The molecular formula is C20H32LiN3Si2. The largest absolute Gasteiger partial charge is 1.00 e. The molecule has 1 N–H and O–H groups in total. The van der Waals surface area contributed by atoms with E-state index in [1.807, 2.05) is 18.2 Å². The second kappa shape index (κ2) is 7.63. The predicted octanol–water partition coefficient (Wildman–Crippen LogP) is 3.31. The monoisotopic (exact) mass is 377 g/mol. The number of rotatable bonds is 3. The Bertz CT molecular complexity index is 760. The van der Waals surface area contributed by atoms with E-state index in [1.165, 1.54) is 10.9 Å². The standard InChI is InChI=1S/C20H32N3Si2.Li/c1-20(2,3)18(23-25(7,8)9)17(24(4,5)6)16-14-12-10-11-13-15(14)19(21)22-16;/h10-13H,1-9H3,(H-,21,22);/q-1;+1/b17-16+,23-18-;. The van der Waals surface area contributed by atoms with Crippen LogP contribution in [0.5, 0.6) is 0 Å². The van der Waals surface area contributed by atoms with Gasteiger partial charge in [-0.25, -0.2) is 0 Å². The molecule has 1 heterocycles. The molecule has 1 aliphatic rings. The molecule has 0 aliphatic carbocycles. The molecular weight excluding hydrogens is 345 g/mol. The van der Waals surface area contributed by atoms with E-state index in [1.54, 1.807) is 0 Å². The summed E-state index contributed by atoms with van der Waals surface area (Å²) >= 11 is 0. The molecule has 26 heavy (non-hydrogen) atoms. The SMILES string of the molecule is CC(C)(C)C(=N\[Si](C)(C)C)/C(=C1\[N-]C(=N)c2ccccc21)[Si](C)(C)C.[Li+]. The molecule has 0 spiro atoms. The van der Waals surface area contributed by atoms with Crippen LogP contribution >= 0.6 is 0 Å². The molecule has 1 aliphatic heterocycles. The first-order chi connectivity index (χ1) is 11.2. The van der Waals surface area contributed by atoms with Crippen molar-refractivity contribution in [2.45, 2.75) is 60.1 Å². The van der Waals surface area contributed by atoms with E-state index in [0.29, 0.717) is 5.84 Å². The van der Waals surface area contributed by atoms with Crippen molar-refractivity contribution in [1.29, 1.82) is 5.41 Å². The van der Waals surface area contributed by atoms with Crippen molar-refractivity contribution in [2.75, 3.05) is 0 Å². The Morgan fingerprint density at radius 2 is 1.46 bits per heavy atom. The molecule has 0 atom stereocenters. The summed E-state index contributed by atoms with van der Waals surface area (Å²) < 4.78 is 5.29. The minimum atomic E-state index is -1.74. The molecule has 6 heteroatoms. The molecule has 1 aromatic carbocycles. The number of nitrogens with zero attached hydrogens (tertiary/aromatic N) is 2. The van der Waals surface area contributed by atoms with E-state index in [-0.39, 0.29) is 24.3 Å². The van der Waals surface area contributed by atoms with Crippen LogP contribution in [-0.4, -0.2) is 27.9 Å². The quantitative estimate of drug-likeness (QED) is 0.621. The van der Waals surface area contributed by atoms with Gasteiger partial charge in [0.25, 0.3) is 0 Å². The zero-order chi connectivity index (χ0) is 19.2. The predicted molar refractivity (Wildman–Crippen MR) is 117 cm³/mol. The topological polar surface area (TPSA) is 50.3 Å². The molecule has 0 unspecified atom stereocenters. The van der Waals surface area contributed by atoms with Gasteiger partial charge in [-0.3, -0.25) is 0 Å². The molecule has 0 bridgehead atoms. The summed E-state index contributed by atoms with van der Waals surface area (Å²) in [5.74, 6) is 0.377. The van der Waals surface area contributed by atoms with Crippen LogP contribution < -0.4 is 18.9 Å². The maximum atomic E-state index is 8.32. The van der Waals surface area contributed by atoms with Gasteiger partial charge < -0.3 is 15.4 Å². The van der Waals surface area contributed by atoms with Crippen LogP contribution in [0.2, 0.25) is 39.3 Å². The van der Waals surface area contributed by atoms with Gasteiger partial charge >= 0.3 is 18.9 Å². The van der Waals surface area contributed by atoms with Crippen molar-refractivity contribution in [3.63, 3.8) is 0 Å². The Morgan fingerprint density at radius 1 is 0.962 bits per heavy atom. The number of hydrogen-bond donors (Lipinski definition) is 1. The average molecular weight is 378 g/mol. The van der Waals surface area contributed by atoms with Crippen molar-refractivity contribution in [1.82, 2.24) is 0 Å². The first-order valence-electron chi connectivity index (χ1n) is 8.97. The van der Waals surface area contributed by atoms with Gasteiger partial charge in [-0.1, -0.05) is 70.5 Å². The van der Waals surface area contributed by atoms with Crippen LogP contribution in [0.3, 0.4) is 0 Å². The molecule has 2 rings (SSSR count). The van der Waals surface area contributed by atoms with Crippen LogP contribution in [0, 0.1) is 10.8 Å². The van der Waals surface area contributed by atoms with Crippen molar-refractivity contribution >= 4 is 33.6 Å². The molecule has 0 amide bonds. The van der Waals surface area contributed by atoms with E-state index < -0.39 is 16.3 Å². The fraction of sp³-hybridized carbons (Fsp3) is 0.500. The summed E-state index contributed by atoms with van der Waals surface area (Å²) in [4.78, 5) is 0. The molecule has 0 saturated heterocycles. The van der Waals surface area contributed by atoms with Gasteiger partial charge in [0.15, 0.2) is 8.24 Å². The van der Waals surface area contributed by atoms with Crippen LogP contribution in [0.25, 0.3) is 11.0 Å². The number of nitrogens with one attached hydrogen (secondary N) is 1. The van der Waals surface area contributed by atoms with Crippen LogP contribution in [-0.2, 0) is 0 Å². The third-order valence-electron chi connectivity index (χ3n) is 4.04. The first kappa shape index (κ1) is 23.2. The zero-order valence-corrected chi connectivity index (χ0v) is 20.2. The maximum Gasteiger partial charge on any atom is 1.00 e. The molecule has 0 saturated carbocycles. The second-order valence-corrected chi connectivity index (χ2v) is 19.4. The zero-order valence-electron chi connectivity index (χ0n) is 18.2. The summed E-state index contributed by atoms with van der Waals surface area (Å²) in [6.07, 6.45) is 0. The van der Waals surface area contributed by atoms with Gasteiger partial charge in [-0.15, -0.1) is 0 Å². The van der Waals surface area contributed by atoms with Gasteiger partial charge in [-0.2, -0.15) is 0 Å². The van der Waals surface area contributed by atoms with Gasteiger partial charge in [0.05, 0.1) is 8.07 Å². The van der Waals surface area contributed by atoms with E-state index in [9.17, 15) is 0 Å². The molecule has 0 aromatic heterocycles. The van der Waals surface area contributed by atoms with Crippen LogP contribution in [0.4, 0.5) is 0 Å². The van der Waals surface area contributed by atoms with Crippen molar-refractivity contribution in [3.05, 3.63) is 45.9 Å². The van der Waals surface area contributed by atoms with Gasteiger partial charge in [0.2, 0.25) is 0 Å². The minimum Gasteiger partial charge on any atom is -0.482 e. The fourth-order valence-electron chi connectivity index (χ4n) is 3.08. The molecule has 1 aromatic rings. The van der Waals surface area contributed by atoms with Gasteiger partial charge in [0.1, 0.15) is 0 Å². The van der Waals surface area contributed by atoms with Crippen molar-refractivity contribution in [2.24, 2.45) is 10.1 Å². The molecule has 3 nitrogen and oxygen atoms in total. The Balaban J connectivity index is 0.00000338. The average Bonchev–Trinajstić information content (AvgIpc) is 2.72. The number of amidine groups is 1. The number of hydrogen-bond acceptors (Lipinski definition) is 2. The third kappa shape index (κ3) is 5.10. The molecule has 136 valence electrons. The molecule has 0 fully saturated rings. The van der Waals surface area contributed by atoms with Crippen LogP contribution in [0.1, 0.15) is 31.9 Å². The van der Waals surface area contributed by atoms with Crippen LogP contribution in [0.15, 0.2) is 34.1 Å². The Kier molecular flexibility index (Phi) is 6.80. The summed E-state index contributed by atoms with van der Waals surface area (Å²) in [6, 6.07) is 8.13. The fourth-order valence-corrected chi connectivity index (χ4v) is 6.35. The Hall–Kier alpha value is -0.869. The summed E-state index contributed by atoms with van der Waals surface area (Å²) in [5.41, 5.74) is 4.19. The Labute approximate surface area is 173 Å². The second-order valence-electron chi connectivity index (χ2n) is 9.86. The van der Waals surface area contributed by atoms with E-state index in [4.69, 9.17) is 15.4 Å². The van der Waals surface area contributed by atoms with E-state index >= 15 is 0 Å². The maximum absolute atomic E-state index is 8.32. The molecule has 0 radical (unpaired) electrons. The Morgan fingerprint density at radius 3 is 1.88 bits per heavy atom. The normalized spacial score (nSPS) is 17.4. The number of allylic oxidation sites excluding steroid dienone is 1. The smallest absolute Gasteiger partial charge is 0.482 e. The summed E-state index contributed by atoms with van der Waals surface area (Å²) in [6.45, 7) is 20.7. The number of benzene rings is 1. The van der Waals surface area contributed by atoms with Gasteiger partial charge in [-0.05, 0) is 41.7 Å². The van der Waals surface area contributed by atoms with Gasteiger partial charge in [0, 0.05) is 11.1 Å². The van der Waals surface area contributed by atoms with E-state index in [2.05, 4.69) is 66.1 Å². The number of fused-ring (bicyclic) bond motifs is 1. The third-order valence-corrected chi connectivity index (χ3v) is 6.91. The summed E-state index contributed by atoms with van der Waals surface area (Å²) in [5, 5.41) is 14.4. The summed E-state index contributed by atoms with van der Waals surface area (Å²) in [7, 11) is -3.39. The van der Waals surface area contributed by atoms with Crippen molar-refractivity contribution in [3.8, 4) is 0 Å².